The predicted molar refractivity (Wildman–Crippen MR) is 154 cm³/mol. The van der Waals surface area contributed by atoms with Crippen LogP contribution in [0.1, 0.15) is 25.0 Å². The number of carbonyl (C=O) groups is 2. The topological polar surface area (TPSA) is 96.0 Å². The smallest absolute Gasteiger partial charge is 0.244 e. The standard InChI is InChI=1S/C29H34ClN3O5S/c1-21(2)31-29(35)27(17-22-10-6-5-7-11-22)32(19-23-12-8-13-24(30)16-23)28(34)20-33(39(4,36)37)25-14-9-15-26(18-25)38-3/h5-16,18,21,27H,17,19-20H2,1-4H3,(H,31,35). The van der Waals surface area contributed by atoms with E-state index in [1.54, 1.807) is 42.5 Å². The lowest BCUT2D eigenvalue weighted by molar-refractivity contribution is -0.140. The van der Waals surface area contributed by atoms with Crippen LogP contribution < -0.4 is 14.4 Å². The summed E-state index contributed by atoms with van der Waals surface area (Å²) in [5, 5.41) is 3.41. The molecule has 0 spiro atoms. The molecule has 0 aliphatic rings. The van der Waals surface area contributed by atoms with Crippen molar-refractivity contribution in [3.8, 4) is 5.75 Å². The van der Waals surface area contributed by atoms with Crippen LogP contribution in [-0.2, 0) is 32.6 Å². The van der Waals surface area contributed by atoms with E-state index in [0.29, 0.717) is 16.3 Å². The number of sulfonamides is 1. The summed E-state index contributed by atoms with van der Waals surface area (Å²) < 4.78 is 32.0. The highest BCUT2D eigenvalue weighted by Crippen LogP contribution is 2.24. The minimum Gasteiger partial charge on any atom is -0.497 e. The zero-order chi connectivity index (χ0) is 28.6. The fourth-order valence-corrected chi connectivity index (χ4v) is 5.20. The zero-order valence-electron chi connectivity index (χ0n) is 22.5. The van der Waals surface area contributed by atoms with E-state index in [2.05, 4.69) is 5.32 Å². The highest BCUT2D eigenvalue weighted by Gasteiger charge is 2.33. The highest BCUT2D eigenvalue weighted by atomic mass is 35.5. The van der Waals surface area contributed by atoms with Crippen LogP contribution in [-0.4, -0.2) is 57.1 Å². The van der Waals surface area contributed by atoms with Gasteiger partial charge >= 0.3 is 0 Å². The Balaban J connectivity index is 2.06. The van der Waals surface area contributed by atoms with Crippen LogP contribution in [0.25, 0.3) is 0 Å². The van der Waals surface area contributed by atoms with Crippen LogP contribution in [0.5, 0.6) is 5.75 Å². The Bertz CT molecular complexity index is 1380. The number of hydrogen-bond acceptors (Lipinski definition) is 5. The van der Waals surface area contributed by atoms with Gasteiger partial charge in [-0.25, -0.2) is 8.42 Å². The number of ether oxygens (including phenoxy) is 1. The molecule has 10 heteroatoms. The van der Waals surface area contributed by atoms with Crippen LogP contribution in [0.15, 0.2) is 78.9 Å². The Labute approximate surface area is 235 Å². The SMILES string of the molecule is COc1cccc(N(CC(=O)N(Cc2cccc(Cl)c2)C(Cc2ccccc2)C(=O)NC(C)C)S(C)(=O)=O)c1. The van der Waals surface area contributed by atoms with E-state index in [1.165, 1.54) is 12.0 Å². The van der Waals surface area contributed by atoms with Crippen LogP contribution in [0.4, 0.5) is 5.69 Å². The summed E-state index contributed by atoms with van der Waals surface area (Å²) >= 11 is 6.22. The summed E-state index contributed by atoms with van der Waals surface area (Å²) in [5.41, 5.74) is 1.84. The van der Waals surface area contributed by atoms with E-state index < -0.39 is 28.5 Å². The minimum absolute atomic E-state index is 0.0537. The lowest BCUT2D eigenvalue weighted by atomic mass is 10.0. The van der Waals surface area contributed by atoms with Gasteiger partial charge in [0.2, 0.25) is 21.8 Å². The van der Waals surface area contributed by atoms with Gasteiger partial charge in [-0.2, -0.15) is 0 Å². The second kappa shape index (κ2) is 13.5. The van der Waals surface area contributed by atoms with Gasteiger partial charge in [0.15, 0.2) is 0 Å². The number of halogens is 1. The van der Waals surface area contributed by atoms with Crippen molar-refractivity contribution in [2.24, 2.45) is 0 Å². The molecule has 8 nitrogen and oxygen atoms in total. The summed E-state index contributed by atoms with van der Waals surface area (Å²) in [6.07, 6.45) is 1.28. The summed E-state index contributed by atoms with van der Waals surface area (Å²) in [7, 11) is -2.39. The molecule has 1 unspecified atom stereocenters. The van der Waals surface area contributed by atoms with Crippen molar-refractivity contribution in [1.29, 1.82) is 0 Å². The van der Waals surface area contributed by atoms with Gasteiger partial charge in [-0.1, -0.05) is 60.1 Å². The Morgan fingerprint density at radius 3 is 2.23 bits per heavy atom. The molecule has 0 aliphatic heterocycles. The summed E-state index contributed by atoms with van der Waals surface area (Å²) in [6.45, 7) is 3.23. The molecule has 0 aromatic heterocycles. The molecular weight excluding hydrogens is 538 g/mol. The first-order valence-corrected chi connectivity index (χ1v) is 14.7. The molecule has 208 valence electrons. The van der Waals surface area contributed by atoms with Gasteiger partial charge in [0, 0.05) is 30.1 Å². The van der Waals surface area contributed by atoms with Gasteiger partial charge in [-0.15, -0.1) is 0 Å². The van der Waals surface area contributed by atoms with Crippen molar-refractivity contribution >= 4 is 39.1 Å². The third kappa shape index (κ3) is 8.73. The highest BCUT2D eigenvalue weighted by molar-refractivity contribution is 7.92. The first-order valence-electron chi connectivity index (χ1n) is 12.5. The molecule has 0 bridgehead atoms. The first-order chi connectivity index (χ1) is 18.5. The lowest BCUT2D eigenvalue weighted by Crippen LogP contribution is -2.54. The maximum absolute atomic E-state index is 14.0. The molecule has 39 heavy (non-hydrogen) atoms. The normalized spacial score (nSPS) is 12.1. The second-order valence-electron chi connectivity index (χ2n) is 9.49. The third-order valence-corrected chi connectivity index (χ3v) is 7.34. The average Bonchev–Trinajstić information content (AvgIpc) is 2.88. The van der Waals surface area contributed by atoms with Gasteiger partial charge in [-0.3, -0.25) is 13.9 Å². The number of amides is 2. The fraction of sp³-hybridized carbons (Fsp3) is 0.310. The molecule has 1 atom stereocenters. The number of benzene rings is 3. The number of anilines is 1. The summed E-state index contributed by atoms with van der Waals surface area (Å²) in [6, 6.07) is 21.8. The minimum atomic E-state index is -3.87. The molecule has 2 amide bonds. The van der Waals surface area contributed by atoms with Gasteiger partial charge in [0.25, 0.3) is 0 Å². The molecule has 0 saturated carbocycles. The number of nitrogens with one attached hydrogen (secondary N) is 1. The van der Waals surface area contributed by atoms with Crippen molar-refractivity contribution in [1.82, 2.24) is 10.2 Å². The summed E-state index contributed by atoms with van der Waals surface area (Å²) in [4.78, 5) is 29.0. The molecule has 0 aliphatic carbocycles. The van der Waals surface area contributed by atoms with Gasteiger partial charge in [0.05, 0.1) is 19.1 Å². The third-order valence-electron chi connectivity index (χ3n) is 5.96. The number of hydrogen-bond donors (Lipinski definition) is 1. The molecule has 0 fully saturated rings. The number of rotatable bonds is 12. The van der Waals surface area contributed by atoms with Crippen LogP contribution >= 0.6 is 11.6 Å². The molecule has 3 aromatic rings. The van der Waals surface area contributed by atoms with Crippen LogP contribution in [0, 0.1) is 0 Å². The van der Waals surface area contributed by atoms with E-state index in [1.807, 2.05) is 50.2 Å². The van der Waals surface area contributed by atoms with E-state index in [0.717, 1.165) is 16.1 Å². The van der Waals surface area contributed by atoms with Crippen molar-refractivity contribution in [2.75, 3.05) is 24.2 Å². The molecule has 3 rings (SSSR count). The number of nitrogens with zero attached hydrogens (tertiary/aromatic N) is 2. The molecule has 1 N–H and O–H groups in total. The first kappa shape index (κ1) is 30.0. The van der Waals surface area contributed by atoms with Gasteiger partial charge in [0.1, 0.15) is 18.3 Å². The van der Waals surface area contributed by atoms with Gasteiger partial charge in [-0.05, 0) is 49.2 Å². The fourth-order valence-electron chi connectivity index (χ4n) is 4.15. The Morgan fingerprint density at radius 2 is 1.62 bits per heavy atom. The van der Waals surface area contributed by atoms with Gasteiger partial charge < -0.3 is 15.0 Å². The predicted octanol–water partition coefficient (Wildman–Crippen LogP) is 4.28. The average molecular weight is 572 g/mol. The molecule has 0 saturated heterocycles. The van der Waals surface area contributed by atoms with Crippen LogP contribution in [0.3, 0.4) is 0 Å². The van der Waals surface area contributed by atoms with Crippen molar-refractivity contribution in [3.05, 3.63) is 95.0 Å². The molecular formula is C29H34ClN3O5S. The Morgan fingerprint density at radius 1 is 0.949 bits per heavy atom. The van der Waals surface area contributed by atoms with Crippen molar-refractivity contribution in [2.45, 2.75) is 38.9 Å². The van der Waals surface area contributed by atoms with E-state index in [4.69, 9.17) is 16.3 Å². The summed E-state index contributed by atoms with van der Waals surface area (Å²) in [5.74, 6) is -0.428. The van der Waals surface area contributed by atoms with Crippen LogP contribution in [0.2, 0.25) is 5.02 Å². The second-order valence-corrected chi connectivity index (χ2v) is 11.8. The number of methoxy groups -OCH3 is 1. The Hall–Kier alpha value is -3.56. The molecule has 0 radical (unpaired) electrons. The van der Waals surface area contributed by atoms with Crippen molar-refractivity contribution < 1.29 is 22.7 Å². The number of carbonyl (C=O) groups excluding carboxylic acids is 2. The molecule has 0 heterocycles. The van der Waals surface area contributed by atoms with Crippen molar-refractivity contribution in [3.63, 3.8) is 0 Å². The van der Waals surface area contributed by atoms with E-state index >= 15 is 0 Å². The quantitative estimate of drug-likeness (QED) is 0.350. The largest absolute Gasteiger partial charge is 0.497 e. The monoisotopic (exact) mass is 571 g/mol. The maximum atomic E-state index is 14.0. The lowest BCUT2D eigenvalue weighted by Gasteiger charge is -2.34. The molecule has 3 aromatic carbocycles. The van der Waals surface area contributed by atoms with E-state index in [9.17, 15) is 18.0 Å². The zero-order valence-corrected chi connectivity index (χ0v) is 24.1. The maximum Gasteiger partial charge on any atom is 0.244 e. The Kier molecular flexibility index (Phi) is 10.4. The van der Waals surface area contributed by atoms with E-state index in [-0.39, 0.29) is 30.6 Å².